The zero-order valence-electron chi connectivity index (χ0n) is 9.87. The normalized spacial score (nSPS) is 11.0. The van der Waals surface area contributed by atoms with Crippen LogP contribution >= 0.6 is 11.6 Å². The van der Waals surface area contributed by atoms with Gasteiger partial charge in [0.1, 0.15) is 0 Å². The van der Waals surface area contributed by atoms with E-state index in [9.17, 15) is 0 Å². The van der Waals surface area contributed by atoms with Crippen LogP contribution in [0.1, 0.15) is 12.5 Å². The Hall–Kier alpha value is -0.770. The molecule has 1 rings (SSSR count). The van der Waals surface area contributed by atoms with E-state index in [1.165, 1.54) is 0 Å². The fourth-order valence-corrected chi connectivity index (χ4v) is 1.75. The minimum atomic E-state index is 0.702. The van der Waals surface area contributed by atoms with Crippen molar-refractivity contribution in [3.63, 3.8) is 0 Å². The Labute approximate surface area is 102 Å². The molecule has 0 bridgehead atoms. The molecule has 0 amide bonds. The predicted molar refractivity (Wildman–Crippen MR) is 68.7 cm³/mol. The van der Waals surface area contributed by atoms with Crippen LogP contribution in [-0.4, -0.2) is 31.7 Å². The second-order valence-corrected chi connectivity index (χ2v) is 4.12. The summed E-state index contributed by atoms with van der Waals surface area (Å²) in [6, 6.07) is 5.65. The monoisotopic (exact) mass is 242 g/mol. The van der Waals surface area contributed by atoms with Gasteiger partial charge in [-0.3, -0.25) is 4.90 Å². The number of anilines is 1. The number of likely N-dealkylation sites (N-methyl/N-ethyl adjacent to an activating group) is 1. The highest BCUT2D eigenvalue weighted by molar-refractivity contribution is 6.31. The number of hydrogen-bond acceptors (Lipinski definition) is 3. The van der Waals surface area contributed by atoms with E-state index in [1.54, 1.807) is 13.2 Å². The number of ether oxygens (including phenoxy) is 1. The van der Waals surface area contributed by atoms with Gasteiger partial charge in [0.25, 0.3) is 0 Å². The van der Waals surface area contributed by atoms with Gasteiger partial charge >= 0.3 is 0 Å². The Morgan fingerprint density at radius 2 is 2.19 bits per heavy atom. The molecular formula is C12H19ClN2O. The number of nitrogens with zero attached hydrogens (tertiary/aromatic N) is 1. The van der Waals surface area contributed by atoms with Gasteiger partial charge in [-0.15, -0.1) is 0 Å². The van der Waals surface area contributed by atoms with E-state index >= 15 is 0 Å². The largest absolute Gasteiger partial charge is 0.399 e. The molecule has 1 aromatic carbocycles. The Kier molecular flexibility index (Phi) is 5.60. The lowest BCUT2D eigenvalue weighted by Crippen LogP contribution is -2.26. The van der Waals surface area contributed by atoms with E-state index in [1.807, 2.05) is 12.1 Å². The van der Waals surface area contributed by atoms with Crippen molar-refractivity contribution in [3.8, 4) is 0 Å². The summed E-state index contributed by atoms with van der Waals surface area (Å²) in [4.78, 5) is 2.28. The SMILES string of the molecule is CCN(CCOC)Cc1ccc(N)cc1Cl. The molecule has 90 valence electrons. The highest BCUT2D eigenvalue weighted by Gasteiger charge is 2.06. The molecule has 3 nitrogen and oxygen atoms in total. The topological polar surface area (TPSA) is 38.5 Å². The molecule has 0 aliphatic carbocycles. The van der Waals surface area contributed by atoms with Gasteiger partial charge in [-0.2, -0.15) is 0 Å². The lowest BCUT2D eigenvalue weighted by atomic mass is 10.2. The van der Waals surface area contributed by atoms with Crippen LogP contribution in [-0.2, 0) is 11.3 Å². The van der Waals surface area contributed by atoms with Crippen molar-refractivity contribution < 1.29 is 4.74 Å². The Morgan fingerprint density at radius 1 is 1.44 bits per heavy atom. The Balaban J connectivity index is 2.62. The van der Waals surface area contributed by atoms with Gasteiger partial charge in [-0.1, -0.05) is 24.6 Å². The minimum Gasteiger partial charge on any atom is -0.399 e. The van der Waals surface area contributed by atoms with Crippen molar-refractivity contribution in [1.29, 1.82) is 0 Å². The maximum absolute atomic E-state index is 6.13. The summed E-state index contributed by atoms with van der Waals surface area (Å²) >= 11 is 6.13. The fraction of sp³-hybridized carbons (Fsp3) is 0.500. The first-order chi connectivity index (χ1) is 7.67. The molecule has 0 saturated heterocycles. The maximum Gasteiger partial charge on any atom is 0.0589 e. The summed E-state index contributed by atoms with van der Waals surface area (Å²) in [5.74, 6) is 0. The number of methoxy groups -OCH3 is 1. The van der Waals surface area contributed by atoms with E-state index in [0.29, 0.717) is 5.69 Å². The summed E-state index contributed by atoms with van der Waals surface area (Å²) in [5, 5.41) is 0.732. The van der Waals surface area contributed by atoms with Crippen LogP contribution in [0.25, 0.3) is 0 Å². The number of benzene rings is 1. The molecule has 0 radical (unpaired) electrons. The lowest BCUT2D eigenvalue weighted by Gasteiger charge is -2.20. The number of hydrogen-bond donors (Lipinski definition) is 1. The third-order valence-electron chi connectivity index (χ3n) is 2.53. The molecule has 0 atom stereocenters. The molecule has 2 N–H and O–H groups in total. The van der Waals surface area contributed by atoms with Crippen LogP contribution in [0, 0.1) is 0 Å². The minimum absolute atomic E-state index is 0.702. The van der Waals surface area contributed by atoms with Crippen molar-refractivity contribution in [2.75, 3.05) is 32.5 Å². The molecule has 0 spiro atoms. The van der Waals surface area contributed by atoms with E-state index in [2.05, 4.69) is 11.8 Å². The average Bonchev–Trinajstić information content (AvgIpc) is 2.27. The van der Waals surface area contributed by atoms with Crippen molar-refractivity contribution in [3.05, 3.63) is 28.8 Å². The van der Waals surface area contributed by atoms with Crippen LogP contribution in [0.5, 0.6) is 0 Å². The number of halogens is 1. The van der Waals surface area contributed by atoms with E-state index in [-0.39, 0.29) is 0 Å². The third-order valence-corrected chi connectivity index (χ3v) is 2.88. The number of rotatable bonds is 6. The zero-order chi connectivity index (χ0) is 12.0. The summed E-state index contributed by atoms with van der Waals surface area (Å²) in [5.41, 5.74) is 7.46. The summed E-state index contributed by atoms with van der Waals surface area (Å²) in [6.07, 6.45) is 0. The van der Waals surface area contributed by atoms with Gasteiger partial charge in [0.2, 0.25) is 0 Å². The van der Waals surface area contributed by atoms with E-state index in [4.69, 9.17) is 22.1 Å². The highest BCUT2D eigenvalue weighted by Crippen LogP contribution is 2.20. The molecule has 0 heterocycles. The Bertz CT molecular complexity index is 331. The molecule has 0 fully saturated rings. The van der Waals surface area contributed by atoms with Crippen molar-refractivity contribution in [1.82, 2.24) is 4.90 Å². The maximum atomic E-state index is 6.13. The Morgan fingerprint density at radius 3 is 2.75 bits per heavy atom. The van der Waals surface area contributed by atoms with Gasteiger partial charge in [-0.25, -0.2) is 0 Å². The van der Waals surface area contributed by atoms with Gasteiger partial charge in [0.05, 0.1) is 6.61 Å². The average molecular weight is 243 g/mol. The molecule has 0 unspecified atom stereocenters. The first-order valence-corrected chi connectivity index (χ1v) is 5.80. The summed E-state index contributed by atoms with van der Waals surface area (Å²) in [7, 11) is 1.71. The molecule has 0 aliphatic heterocycles. The van der Waals surface area contributed by atoms with Crippen LogP contribution in [0.15, 0.2) is 18.2 Å². The predicted octanol–water partition coefficient (Wildman–Crippen LogP) is 2.39. The van der Waals surface area contributed by atoms with Gasteiger partial charge in [0.15, 0.2) is 0 Å². The first-order valence-electron chi connectivity index (χ1n) is 5.42. The van der Waals surface area contributed by atoms with Crippen LogP contribution < -0.4 is 5.73 Å². The molecule has 0 saturated carbocycles. The quantitative estimate of drug-likeness (QED) is 0.779. The summed E-state index contributed by atoms with van der Waals surface area (Å²) in [6.45, 7) is 5.58. The smallest absolute Gasteiger partial charge is 0.0589 e. The molecule has 0 aromatic heterocycles. The van der Waals surface area contributed by atoms with Crippen molar-refractivity contribution in [2.24, 2.45) is 0 Å². The third kappa shape index (κ3) is 4.00. The summed E-state index contributed by atoms with van der Waals surface area (Å²) < 4.78 is 5.07. The van der Waals surface area contributed by atoms with Gasteiger partial charge < -0.3 is 10.5 Å². The lowest BCUT2D eigenvalue weighted by molar-refractivity contribution is 0.147. The highest BCUT2D eigenvalue weighted by atomic mass is 35.5. The van der Waals surface area contributed by atoms with Crippen molar-refractivity contribution in [2.45, 2.75) is 13.5 Å². The number of nitrogens with two attached hydrogens (primary N) is 1. The fourth-order valence-electron chi connectivity index (χ4n) is 1.50. The van der Waals surface area contributed by atoms with Crippen LogP contribution in [0.3, 0.4) is 0 Å². The second kappa shape index (κ2) is 6.74. The molecule has 0 aliphatic rings. The van der Waals surface area contributed by atoms with Gasteiger partial charge in [-0.05, 0) is 24.2 Å². The van der Waals surface area contributed by atoms with E-state index in [0.717, 1.165) is 36.8 Å². The molecular weight excluding hydrogens is 224 g/mol. The second-order valence-electron chi connectivity index (χ2n) is 3.71. The van der Waals surface area contributed by atoms with Gasteiger partial charge in [0, 0.05) is 30.9 Å². The van der Waals surface area contributed by atoms with Crippen LogP contribution in [0.4, 0.5) is 5.69 Å². The molecule has 1 aromatic rings. The standard InChI is InChI=1S/C12H19ClN2O/c1-3-15(6-7-16-2)9-10-4-5-11(14)8-12(10)13/h4-5,8H,3,6-7,9,14H2,1-2H3. The van der Waals surface area contributed by atoms with Crippen LogP contribution in [0.2, 0.25) is 5.02 Å². The van der Waals surface area contributed by atoms with E-state index < -0.39 is 0 Å². The zero-order valence-corrected chi connectivity index (χ0v) is 10.6. The molecule has 4 heteroatoms. The van der Waals surface area contributed by atoms with Crippen molar-refractivity contribution >= 4 is 17.3 Å². The first kappa shape index (κ1) is 13.3. The number of nitrogen functional groups attached to an aromatic ring is 1. The molecule has 16 heavy (non-hydrogen) atoms.